The van der Waals surface area contributed by atoms with E-state index in [2.05, 4.69) is 40.4 Å². The average molecular weight is 433 g/mol. The maximum Gasteiger partial charge on any atom is 0.120 e. The van der Waals surface area contributed by atoms with Gasteiger partial charge in [0, 0.05) is 35.1 Å². The molecule has 0 aliphatic heterocycles. The highest BCUT2D eigenvalue weighted by molar-refractivity contribution is 6.30. The van der Waals surface area contributed by atoms with E-state index in [1.54, 1.807) is 6.20 Å². The van der Waals surface area contributed by atoms with Crippen LogP contribution in [0.3, 0.4) is 0 Å². The molecule has 4 aromatic rings. The molecule has 4 rings (SSSR count). The molecule has 0 saturated carbocycles. The van der Waals surface area contributed by atoms with Gasteiger partial charge in [0.2, 0.25) is 0 Å². The van der Waals surface area contributed by atoms with E-state index in [0.29, 0.717) is 6.61 Å². The number of rotatable bonds is 9. The highest BCUT2D eigenvalue weighted by atomic mass is 35.5. The molecule has 0 radical (unpaired) electrons. The van der Waals surface area contributed by atoms with Gasteiger partial charge in [0.15, 0.2) is 0 Å². The van der Waals surface area contributed by atoms with E-state index >= 15 is 0 Å². The number of pyridine rings is 1. The summed E-state index contributed by atoms with van der Waals surface area (Å²) in [7, 11) is 0. The van der Waals surface area contributed by atoms with Crippen molar-refractivity contribution in [1.82, 2.24) is 20.0 Å². The van der Waals surface area contributed by atoms with E-state index < -0.39 is 0 Å². The van der Waals surface area contributed by atoms with Crippen molar-refractivity contribution in [2.75, 3.05) is 0 Å². The monoisotopic (exact) mass is 432 g/mol. The van der Waals surface area contributed by atoms with Crippen molar-refractivity contribution < 1.29 is 4.74 Å². The number of aromatic nitrogens is 4. The Hall–Kier alpha value is -3.18. The summed E-state index contributed by atoms with van der Waals surface area (Å²) in [5.41, 5.74) is 5.62. The van der Waals surface area contributed by atoms with Crippen LogP contribution in [0.5, 0.6) is 5.75 Å². The van der Waals surface area contributed by atoms with Crippen molar-refractivity contribution in [3.05, 3.63) is 94.9 Å². The number of unbranched alkanes of at least 4 members (excludes halogenated alkanes) is 1. The van der Waals surface area contributed by atoms with Crippen LogP contribution in [0.4, 0.5) is 0 Å². The van der Waals surface area contributed by atoms with Gasteiger partial charge in [0.25, 0.3) is 0 Å². The molecule has 0 aliphatic rings. The molecule has 0 atom stereocenters. The van der Waals surface area contributed by atoms with Crippen LogP contribution in [0.25, 0.3) is 11.3 Å². The van der Waals surface area contributed by atoms with Gasteiger partial charge in [0.05, 0.1) is 11.9 Å². The third kappa shape index (κ3) is 5.92. The first-order valence-electron chi connectivity index (χ1n) is 10.4. The highest BCUT2D eigenvalue weighted by Crippen LogP contribution is 2.22. The van der Waals surface area contributed by atoms with Gasteiger partial charge >= 0.3 is 0 Å². The molecule has 31 heavy (non-hydrogen) atoms. The van der Waals surface area contributed by atoms with E-state index in [4.69, 9.17) is 16.3 Å². The third-order valence-electron chi connectivity index (χ3n) is 5.24. The SMILES string of the molecule is Cc1cc(OCc2ccc(-c3ccc(Cl)cc3)nc2)ccc1CCCCn1ccnn1. The predicted octanol–water partition coefficient (Wildman–Crippen LogP) is 5.90. The van der Waals surface area contributed by atoms with Crippen LogP contribution in [0.15, 0.2) is 73.2 Å². The first kappa shape index (κ1) is 21.1. The summed E-state index contributed by atoms with van der Waals surface area (Å²) < 4.78 is 7.86. The second kappa shape index (κ2) is 10.2. The zero-order chi connectivity index (χ0) is 21.5. The first-order valence-corrected chi connectivity index (χ1v) is 10.8. The van der Waals surface area contributed by atoms with Gasteiger partial charge in [-0.2, -0.15) is 0 Å². The average Bonchev–Trinajstić information content (AvgIpc) is 3.31. The molecule has 0 fully saturated rings. The molecule has 2 aromatic heterocycles. The van der Waals surface area contributed by atoms with Crippen LogP contribution in [0, 0.1) is 6.92 Å². The summed E-state index contributed by atoms with van der Waals surface area (Å²) in [6.07, 6.45) is 8.73. The van der Waals surface area contributed by atoms with Crippen LogP contribution in [0.2, 0.25) is 5.02 Å². The Balaban J connectivity index is 1.27. The molecule has 0 saturated heterocycles. The Kier molecular flexibility index (Phi) is 6.95. The fourth-order valence-electron chi connectivity index (χ4n) is 3.45. The molecule has 5 nitrogen and oxygen atoms in total. The lowest BCUT2D eigenvalue weighted by atomic mass is 10.0. The van der Waals surface area contributed by atoms with E-state index in [1.165, 1.54) is 11.1 Å². The van der Waals surface area contributed by atoms with E-state index in [1.807, 2.05) is 53.5 Å². The quantitative estimate of drug-likeness (QED) is 0.309. The standard InChI is InChI=1S/C25H25ClN4O/c1-19-16-24(11-8-21(19)4-2-3-14-30-15-13-28-29-30)31-18-20-5-12-25(27-17-20)22-6-9-23(26)10-7-22/h5-13,15-17H,2-4,14,18H2,1H3. The summed E-state index contributed by atoms with van der Waals surface area (Å²) in [5.74, 6) is 0.880. The maximum absolute atomic E-state index is 5.99. The van der Waals surface area contributed by atoms with Crippen LogP contribution < -0.4 is 4.74 Å². The molecule has 2 aromatic carbocycles. The molecule has 6 heteroatoms. The largest absolute Gasteiger partial charge is 0.489 e. The van der Waals surface area contributed by atoms with Gasteiger partial charge in [-0.3, -0.25) is 9.67 Å². The third-order valence-corrected chi connectivity index (χ3v) is 5.49. The van der Waals surface area contributed by atoms with Crippen molar-refractivity contribution >= 4 is 11.6 Å². The number of aryl methyl sites for hydroxylation is 3. The summed E-state index contributed by atoms with van der Waals surface area (Å²) >= 11 is 5.95. The Morgan fingerprint density at radius 1 is 1.00 bits per heavy atom. The van der Waals surface area contributed by atoms with Crippen molar-refractivity contribution in [3.8, 4) is 17.0 Å². The van der Waals surface area contributed by atoms with Gasteiger partial charge in [-0.05, 0) is 67.6 Å². The minimum atomic E-state index is 0.491. The normalized spacial score (nSPS) is 10.9. The molecule has 2 heterocycles. The van der Waals surface area contributed by atoms with Gasteiger partial charge in [-0.1, -0.05) is 41.1 Å². The van der Waals surface area contributed by atoms with E-state index in [9.17, 15) is 0 Å². The fraction of sp³-hybridized carbons (Fsp3) is 0.240. The van der Waals surface area contributed by atoms with Crippen molar-refractivity contribution in [3.63, 3.8) is 0 Å². The van der Waals surface area contributed by atoms with Crippen LogP contribution in [-0.4, -0.2) is 20.0 Å². The smallest absolute Gasteiger partial charge is 0.120 e. The van der Waals surface area contributed by atoms with E-state index in [-0.39, 0.29) is 0 Å². The number of hydrogen-bond acceptors (Lipinski definition) is 4. The molecule has 0 bridgehead atoms. The highest BCUT2D eigenvalue weighted by Gasteiger charge is 2.04. The zero-order valence-electron chi connectivity index (χ0n) is 17.5. The number of halogens is 1. The summed E-state index contributed by atoms with van der Waals surface area (Å²) in [5, 5.41) is 8.56. The first-order chi connectivity index (χ1) is 15.2. The lowest BCUT2D eigenvalue weighted by Crippen LogP contribution is -2.00. The van der Waals surface area contributed by atoms with Gasteiger partial charge < -0.3 is 4.74 Å². The van der Waals surface area contributed by atoms with Gasteiger partial charge in [-0.15, -0.1) is 5.10 Å². The molecule has 0 spiro atoms. The minimum absolute atomic E-state index is 0.491. The van der Waals surface area contributed by atoms with Gasteiger partial charge in [-0.25, -0.2) is 0 Å². The molecule has 0 unspecified atom stereocenters. The van der Waals surface area contributed by atoms with Gasteiger partial charge in [0.1, 0.15) is 12.4 Å². The molecular formula is C25H25ClN4O. The summed E-state index contributed by atoms with van der Waals surface area (Å²) in [4.78, 5) is 4.55. The Morgan fingerprint density at radius 3 is 2.58 bits per heavy atom. The lowest BCUT2D eigenvalue weighted by molar-refractivity contribution is 0.305. The van der Waals surface area contributed by atoms with Crippen molar-refractivity contribution in [2.45, 2.75) is 39.3 Å². The summed E-state index contributed by atoms with van der Waals surface area (Å²) in [6, 6.07) is 18.1. The lowest BCUT2D eigenvalue weighted by Gasteiger charge is -2.11. The molecule has 0 N–H and O–H groups in total. The predicted molar refractivity (Wildman–Crippen MR) is 123 cm³/mol. The van der Waals surface area contributed by atoms with Crippen LogP contribution >= 0.6 is 11.6 Å². The summed E-state index contributed by atoms with van der Waals surface area (Å²) in [6.45, 7) is 3.54. The Morgan fingerprint density at radius 2 is 1.87 bits per heavy atom. The number of benzene rings is 2. The van der Waals surface area contributed by atoms with E-state index in [0.717, 1.165) is 53.4 Å². The maximum atomic E-state index is 5.99. The van der Waals surface area contributed by atoms with Crippen molar-refractivity contribution in [2.24, 2.45) is 0 Å². The Bertz CT molecular complexity index is 1090. The molecule has 158 valence electrons. The van der Waals surface area contributed by atoms with Crippen molar-refractivity contribution in [1.29, 1.82) is 0 Å². The number of hydrogen-bond donors (Lipinski definition) is 0. The number of ether oxygens (including phenoxy) is 1. The molecule has 0 amide bonds. The zero-order valence-corrected chi connectivity index (χ0v) is 18.3. The van der Waals surface area contributed by atoms with Crippen LogP contribution in [0.1, 0.15) is 29.5 Å². The molecular weight excluding hydrogens is 408 g/mol. The Labute approximate surface area is 187 Å². The second-order valence-electron chi connectivity index (χ2n) is 7.56. The fourth-order valence-corrected chi connectivity index (χ4v) is 3.57. The minimum Gasteiger partial charge on any atom is -0.489 e. The second-order valence-corrected chi connectivity index (χ2v) is 8.00. The molecule has 0 aliphatic carbocycles. The topological polar surface area (TPSA) is 52.8 Å². The number of nitrogens with zero attached hydrogens (tertiary/aromatic N) is 4. The van der Waals surface area contributed by atoms with Crippen LogP contribution in [-0.2, 0) is 19.6 Å².